The molecule has 4 rings (SSSR count). The summed E-state index contributed by atoms with van der Waals surface area (Å²) in [7, 11) is 0. The van der Waals surface area contributed by atoms with Gasteiger partial charge in [0.15, 0.2) is 5.58 Å². The minimum absolute atomic E-state index is 0.146. The van der Waals surface area contributed by atoms with Crippen LogP contribution >= 0.6 is 27.7 Å². The molecule has 0 amide bonds. The highest BCUT2D eigenvalue weighted by molar-refractivity contribution is 9.10. The number of hydrogen-bond donors (Lipinski definition) is 1. The summed E-state index contributed by atoms with van der Waals surface area (Å²) in [5, 5.41) is 10.0. The molecule has 0 aliphatic rings. The third-order valence-corrected chi connectivity index (χ3v) is 5.91. The first-order valence-corrected chi connectivity index (χ1v) is 10.5. The summed E-state index contributed by atoms with van der Waals surface area (Å²) in [5.74, 6) is -1.02. The second kappa shape index (κ2) is 7.93. The Morgan fingerprint density at radius 1 is 1.17 bits per heavy atom. The van der Waals surface area contributed by atoms with Gasteiger partial charge in [-0.25, -0.2) is 9.78 Å². The zero-order valence-electron chi connectivity index (χ0n) is 15.7. The van der Waals surface area contributed by atoms with Gasteiger partial charge in [-0.2, -0.15) is 0 Å². The summed E-state index contributed by atoms with van der Waals surface area (Å²) < 4.78 is 8.77. The van der Waals surface area contributed by atoms with Crippen LogP contribution in [0, 0.1) is 13.8 Å². The number of aryl methyl sites for hydroxylation is 1. The van der Waals surface area contributed by atoms with E-state index in [-0.39, 0.29) is 4.91 Å². The predicted octanol–water partition coefficient (Wildman–Crippen LogP) is 6.22. The molecule has 146 valence electrons. The van der Waals surface area contributed by atoms with E-state index in [2.05, 4.69) is 25.5 Å². The van der Waals surface area contributed by atoms with Crippen molar-refractivity contribution in [3.05, 3.63) is 80.9 Å². The highest BCUT2D eigenvalue weighted by Crippen LogP contribution is 2.32. The number of thioether (sulfide) groups is 1. The lowest BCUT2D eigenvalue weighted by Gasteiger charge is -2.09. The molecular formula is C22H17BrN2O3S. The fourth-order valence-corrected chi connectivity index (χ4v) is 4.19. The first kappa shape index (κ1) is 19.5. The van der Waals surface area contributed by atoms with Crippen LogP contribution in [0.1, 0.15) is 17.0 Å². The maximum atomic E-state index is 11.9. The molecular weight excluding hydrogens is 452 g/mol. The molecule has 0 atom stereocenters. The lowest BCUT2D eigenvalue weighted by Crippen LogP contribution is -1.99. The monoisotopic (exact) mass is 468 g/mol. The standard InChI is InChI=1S/C22H17BrN2O3S/c1-13-11-15(14(2)25(13)17-9-7-16(23)8-10-17)12-20(21(26)27)29-22-24-18-5-3-4-6-19(18)28-22/h3-12H,1-2H3,(H,26,27)/b20-12-. The number of para-hydroxylation sites is 2. The number of rotatable bonds is 5. The van der Waals surface area contributed by atoms with Crippen molar-refractivity contribution in [2.24, 2.45) is 0 Å². The topological polar surface area (TPSA) is 68.3 Å². The number of aromatic nitrogens is 2. The van der Waals surface area contributed by atoms with Crippen LogP contribution in [0.5, 0.6) is 0 Å². The summed E-state index contributed by atoms with van der Waals surface area (Å²) in [6.45, 7) is 3.98. The largest absolute Gasteiger partial charge is 0.477 e. The third kappa shape index (κ3) is 4.02. The summed E-state index contributed by atoms with van der Waals surface area (Å²) in [4.78, 5) is 16.4. The Labute approximate surface area is 180 Å². The van der Waals surface area contributed by atoms with Crippen LogP contribution in [0.2, 0.25) is 0 Å². The van der Waals surface area contributed by atoms with Gasteiger partial charge in [-0.3, -0.25) is 0 Å². The molecule has 29 heavy (non-hydrogen) atoms. The van der Waals surface area contributed by atoms with Gasteiger partial charge in [0.1, 0.15) is 10.4 Å². The minimum atomic E-state index is -1.02. The number of oxazole rings is 1. The molecule has 0 bridgehead atoms. The quantitative estimate of drug-likeness (QED) is 0.278. The Bertz CT molecular complexity index is 1210. The Hall–Kier alpha value is -2.77. The van der Waals surface area contributed by atoms with Crippen molar-refractivity contribution in [2.45, 2.75) is 19.1 Å². The molecule has 1 N–H and O–H groups in total. The van der Waals surface area contributed by atoms with E-state index < -0.39 is 5.97 Å². The summed E-state index contributed by atoms with van der Waals surface area (Å²) in [6, 6.07) is 17.3. The molecule has 7 heteroatoms. The summed E-state index contributed by atoms with van der Waals surface area (Å²) in [5.41, 5.74) is 5.17. The van der Waals surface area contributed by atoms with Crippen LogP contribution in [0.25, 0.3) is 22.9 Å². The number of carboxylic acid groups (broad SMARTS) is 1. The van der Waals surface area contributed by atoms with E-state index in [4.69, 9.17) is 4.42 Å². The molecule has 0 radical (unpaired) electrons. The first-order chi connectivity index (χ1) is 13.9. The molecule has 2 aromatic carbocycles. The summed E-state index contributed by atoms with van der Waals surface area (Å²) >= 11 is 4.46. The lowest BCUT2D eigenvalue weighted by molar-refractivity contribution is -0.131. The number of halogens is 1. The fraction of sp³-hybridized carbons (Fsp3) is 0.0909. The van der Waals surface area contributed by atoms with E-state index in [0.29, 0.717) is 16.3 Å². The van der Waals surface area contributed by atoms with E-state index in [9.17, 15) is 9.90 Å². The van der Waals surface area contributed by atoms with Gasteiger partial charge in [0.05, 0.1) is 0 Å². The van der Waals surface area contributed by atoms with Crippen LogP contribution in [-0.2, 0) is 4.79 Å². The number of benzene rings is 2. The molecule has 2 aromatic heterocycles. The SMILES string of the molecule is Cc1cc(/C=C(\Sc2nc3ccccc3o2)C(=O)O)c(C)n1-c1ccc(Br)cc1. The second-order valence-electron chi connectivity index (χ2n) is 6.50. The highest BCUT2D eigenvalue weighted by Gasteiger charge is 2.17. The number of nitrogens with zero attached hydrogens (tertiary/aromatic N) is 2. The van der Waals surface area contributed by atoms with Gasteiger partial charge < -0.3 is 14.1 Å². The predicted molar refractivity (Wildman–Crippen MR) is 118 cm³/mol. The van der Waals surface area contributed by atoms with Gasteiger partial charge >= 0.3 is 5.97 Å². The number of hydrogen-bond acceptors (Lipinski definition) is 4. The molecule has 0 fully saturated rings. The minimum Gasteiger partial charge on any atom is -0.477 e. The van der Waals surface area contributed by atoms with Crippen molar-refractivity contribution in [3.8, 4) is 5.69 Å². The Morgan fingerprint density at radius 2 is 1.90 bits per heavy atom. The number of fused-ring (bicyclic) bond motifs is 1. The maximum absolute atomic E-state index is 11.9. The summed E-state index contributed by atoms with van der Waals surface area (Å²) in [6.07, 6.45) is 1.67. The van der Waals surface area contributed by atoms with Crippen molar-refractivity contribution >= 4 is 50.8 Å². The van der Waals surface area contributed by atoms with E-state index in [1.165, 1.54) is 0 Å². The van der Waals surface area contributed by atoms with Crippen molar-refractivity contribution in [3.63, 3.8) is 0 Å². The van der Waals surface area contributed by atoms with Crippen LogP contribution in [0.4, 0.5) is 0 Å². The van der Waals surface area contributed by atoms with Crippen LogP contribution in [0.3, 0.4) is 0 Å². The smallest absolute Gasteiger partial charge is 0.342 e. The van der Waals surface area contributed by atoms with Gasteiger partial charge in [-0.05, 0) is 79.7 Å². The molecule has 0 saturated carbocycles. The van der Waals surface area contributed by atoms with Crippen LogP contribution < -0.4 is 0 Å². The Kier molecular flexibility index (Phi) is 5.34. The van der Waals surface area contributed by atoms with E-state index in [0.717, 1.165) is 38.9 Å². The van der Waals surface area contributed by atoms with Crippen molar-refractivity contribution in [1.29, 1.82) is 0 Å². The Balaban J connectivity index is 1.71. The highest BCUT2D eigenvalue weighted by atomic mass is 79.9. The van der Waals surface area contributed by atoms with Crippen molar-refractivity contribution < 1.29 is 14.3 Å². The molecule has 0 spiro atoms. The molecule has 0 unspecified atom stereocenters. The van der Waals surface area contributed by atoms with Crippen LogP contribution in [0.15, 0.2) is 73.6 Å². The normalized spacial score (nSPS) is 11.9. The van der Waals surface area contributed by atoms with Gasteiger partial charge in [0, 0.05) is 21.5 Å². The first-order valence-electron chi connectivity index (χ1n) is 8.85. The van der Waals surface area contributed by atoms with E-state index in [1.54, 1.807) is 6.08 Å². The van der Waals surface area contributed by atoms with Gasteiger partial charge in [0.25, 0.3) is 5.22 Å². The average Bonchev–Trinajstić information content (AvgIpc) is 3.22. The third-order valence-electron chi connectivity index (χ3n) is 4.52. The van der Waals surface area contributed by atoms with Crippen molar-refractivity contribution in [2.75, 3.05) is 0 Å². The molecule has 0 aliphatic carbocycles. The van der Waals surface area contributed by atoms with E-state index in [1.807, 2.05) is 68.4 Å². The lowest BCUT2D eigenvalue weighted by atomic mass is 10.2. The molecule has 2 heterocycles. The zero-order valence-corrected chi connectivity index (χ0v) is 18.1. The average molecular weight is 469 g/mol. The molecule has 5 nitrogen and oxygen atoms in total. The van der Waals surface area contributed by atoms with Crippen molar-refractivity contribution in [1.82, 2.24) is 9.55 Å². The van der Waals surface area contributed by atoms with Crippen LogP contribution in [-0.4, -0.2) is 20.6 Å². The Morgan fingerprint density at radius 3 is 2.59 bits per heavy atom. The second-order valence-corrected chi connectivity index (χ2v) is 8.41. The van der Waals surface area contributed by atoms with Gasteiger partial charge in [-0.1, -0.05) is 28.1 Å². The van der Waals surface area contributed by atoms with E-state index >= 15 is 0 Å². The van der Waals surface area contributed by atoms with Gasteiger partial charge in [-0.15, -0.1) is 0 Å². The number of carbonyl (C=O) groups is 1. The van der Waals surface area contributed by atoms with Gasteiger partial charge in [0.2, 0.25) is 0 Å². The fourth-order valence-electron chi connectivity index (χ4n) is 3.19. The number of carboxylic acids is 1. The maximum Gasteiger partial charge on any atom is 0.342 e. The zero-order chi connectivity index (χ0) is 20.5. The molecule has 4 aromatic rings. The molecule has 0 aliphatic heterocycles. The number of aliphatic carboxylic acids is 1. The molecule has 0 saturated heterocycles.